The van der Waals surface area contributed by atoms with E-state index in [-0.39, 0.29) is 19.5 Å². The van der Waals surface area contributed by atoms with Crippen LogP contribution in [-0.4, -0.2) is 11.1 Å². The predicted molar refractivity (Wildman–Crippen MR) is 144 cm³/mol. The Labute approximate surface area is 224 Å². The fourth-order valence-electron chi connectivity index (χ4n) is 4.96. The van der Waals surface area contributed by atoms with Gasteiger partial charge in [-0.2, -0.15) is 0 Å². The van der Waals surface area contributed by atoms with Crippen LogP contribution in [0.25, 0.3) is 0 Å². The number of aryl methyl sites for hydroxylation is 1. The van der Waals surface area contributed by atoms with E-state index in [9.17, 15) is 9.90 Å². The van der Waals surface area contributed by atoms with E-state index in [1.54, 1.807) is 6.07 Å². The van der Waals surface area contributed by atoms with E-state index in [1.165, 1.54) is 128 Å². The third-order valence-electron chi connectivity index (χ3n) is 7.08. The minimum Gasteiger partial charge on any atom is -0.478 e. The van der Waals surface area contributed by atoms with Gasteiger partial charge >= 0.3 is 5.97 Å². The smallest absolute Gasteiger partial charge is 0.335 e. The number of hydrogen-bond acceptors (Lipinski definition) is 1. The van der Waals surface area contributed by atoms with Crippen LogP contribution in [0.15, 0.2) is 18.2 Å². The fraction of sp³-hybridized carbons (Fsp3) is 0.774. The van der Waals surface area contributed by atoms with Gasteiger partial charge in [0.1, 0.15) is 0 Å². The second kappa shape index (κ2) is 24.0. The molecule has 0 heterocycles. The Morgan fingerprint density at radius 2 is 0.971 bits per heavy atom. The van der Waals surface area contributed by atoms with E-state index in [4.69, 9.17) is 0 Å². The van der Waals surface area contributed by atoms with Crippen molar-refractivity contribution < 1.29 is 29.4 Å². The average molecular weight is 524 g/mol. The van der Waals surface area contributed by atoms with Gasteiger partial charge in [-0.3, -0.25) is 0 Å². The van der Waals surface area contributed by atoms with Crippen molar-refractivity contribution in [2.24, 2.45) is 0 Å². The third kappa shape index (κ3) is 16.9. The number of aromatic carboxylic acids is 1. The van der Waals surface area contributed by atoms with Crippen LogP contribution in [0.4, 0.5) is 0 Å². The van der Waals surface area contributed by atoms with Crippen LogP contribution < -0.4 is 0 Å². The van der Waals surface area contributed by atoms with Crippen molar-refractivity contribution in [3.8, 4) is 0 Å². The number of hydrogen-bond donors (Lipinski definition) is 1. The van der Waals surface area contributed by atoms with Gasteiger partial charge < -0.3 is 5.11 Å². The van der Waals surface area contributed by atoms with E-state index < -0.39 is 5.97 Å². The molecular formula is C31H54O2Zn. The molecule has 0 saturated heterocycles. The molecule has 0 saturated carbocycles. The Kier molecular flexibility index (Phi) is 23.5. The first-order chi connectivity index (χ1) is 16.2. The fourth-order valence-corrected chi connectivity index (χ4v) is 4.96. The summed E-state index contributed by atoms with van der Waals surface area (Å²) >= 11 is 0. The van der Waals surface area contributed by atoms with E-state index in [0.717, 1.165) is 24.8 Å². The Morgan fingerprint density at radius 3 is 1.38 bits per heavy atom. The molecule has 0 atom stereocenters. The van der Waals surface area contributed by atoms with Gasteiger partial charge in [0.25, 0.3) is 0 Å². The molecule has 0 bridgehead atoms. The monoisotopic (exact) mass is 522 g/mol. The van der Waals surface area contributed by atoms with Gasteiger partial charge in [0.15, 0.2) is 0 Å². The Balaban J connectivity index is 0.0000109. The molecule has 0 aliphatic carbocycles. The van der Waals surface area contributed by atoms with Crippen LogP contribution in [0.2, 0.25) is 0 Å². The molecule has 0 amide bonds. The standard InChI is InChI=1S/C31H54O2.Zn/c1-3-5-7-9-11-13-15-17-19-21-24-28-25-23-27-30(31(32)33)29(28)26-22-20-18-16-14-12-10-8-6-4-2;/h23,25,27H,3-22,24,26H2,1-2H3,(H,32,33);. The van der Waals surface area contributed by atoms with E-state index >= 15 is 0 Å². The topological polar surface area (TPSA) is 37.3 Å². The van der Waals surface area contributed by atoms with Crippen LogP contribution in [0.3, 0.4) is 0 Å². The Bertz CT molecular complexity index is 599. The summed E-state index contributed by atoms with van der Waals surface area (Å²) in [5, 5.41) is 9.70. The number of benzene rings is 1. The zero-order valence-electron chi connectivity index (χ0n) is 22.9. The van der Waals surface area contributed by atoms with Gasteiger partial charge in [-0.25, -0.2) is 4.79 Å². The summed E-state index contributed by atoms with van der Waals surface area (Å²) in [6.45, 7) is 4.54. The molecular weight excluding hydrogens is 470 g/mol. The van der Waals surface area contributed by atoms with Crippen molar-refractivity contribution in [1.82, 2.24) is 0 Å². The van der Waals surface area contributed by atoms with Crippen LogP contribution in [-0.2, 0) is 32.3 Å². The molecule has 2 nitrogen and oxygen atoms in total. The van der Waals surface area contributed by atoms with Crippen LogP contribution in [0.1, 0.15) is 164 Å². The maximum atomic E-state index is 11.8. The molecule has 0 unspecified atom stereocenters. The summed E-state index contributed by atoms with van der Waals surface area (Å²) in [4.78, 5) is 11.8. The van der Waals surface area contributed by atoms with Gasteiger partial charge in [0.2, 0.25) is 0 Å². The molecule has 1 N–H and O–H groups in total. The van der Waals surface area contributed by atoms with E-state index in [2.05, 4.69) is 19.9 Å². The van der Waals surface area contributed by atoms with Crippen molar-refractivity contribution in [2.75, 3.05) is 0 Å². The van der Waals surface area contributed by atoms with Crippen molar-refractivity contribution in [3.05, 3.63) is 34.9 Å². The summed E-state index contributed by atoms with van der Waals surface area (Å²) in [5.74, 6) is -0.762. The van der Waals surface area contributed by atoms with Crippen molar-refractivity contribution >= 4 is 5.97 Å². The first kappa shape index (κ1) is 33.3. The summed E-state index contributed by atoms with van der Waals surface area (Å²) in [7, 11) is 0. The third-order valence-corrected chi connectivity index (χ3v) is 7.08. The molecule has 0 radical (unpaired) electrons. The van der Waals surface area contributed by atoms with Gasteiger partial charge in [-0.15, -0.1) is 0 Å². The summed E-state index contributed by atoms with van der Waals surface area (Å²) in [6, 6.07) is 5.92. The van der Waals surface area contributed by atoms with Crippen LogP contribution in [0.5, 0.6) is 0 Å². The zero-order valence-corrected chi connectivity index (χ0v) is 25.8. The predicted octanol–water partition coefficient (Wildman–Crippen LogP) is 10.3. The average Bonchev–Trinajstić information content (AvgIpc) is 2.81. The van der Waals surface area contributed by atoms with Gasteiger partial charge in [-0.05, 0) is 42.9 Å². The summed E-state index contributed by atoms with van der Waals surface area (Å²) in [5.41, 5.74) is 2.93. The van der Waals surface area contributed by atoms with Crippen molar-refractivity contribution in [2.45, 2.75) is 155 Å². The summed E-state index contributed by atoms with van der Waals surface area (Å²) in [6.07, 6.45) is 28.5. The molecule has 34 heavy (non-hydrogen) atoms. The molecule has 192 valence electrons. The first-order valence-corrected chi connectivity index (χ1v) is 14.5. The van der Waals surface area contributed by atoms with E-state index in [0.29, 0.717) is 5.56 Å². The number of carboxylic acid groups (broad SMARTS) is 1. The minimum atomic E-state index is -0.762. The van der Waals surface area contributed by atoms with Gasteiger partial charge in [0.05, 0.1) is 5.56 Å². The largest absolute Gasteiger partial charge is 0.478 e. The summed E-state index contributed by atoms with van der Waals surface area (Å²) < 4.78 is 0. The Hall–Kier alpha value is -0.687. The molecule has 3 heteroatoms. The quantitative estimate of drug-likeness (QED) is 0.114. The van der Waals surface area contributed by atoms with E-state index in [1.807, 2.05) is 6.07 Å². The molecule has 0 spiro atoms. The molecule has 1 aromatic rings. The van der Waals surface area contributed by atoms with Gasteiger partial charge in [-0.1, -0.05) is 142 Å². The minimum absolute atomic E-state index is 0. The molecule has 0 aromatic heterocycles. The maximum Gasteiger partial charge on any atom is 0.335 e. The molecule has 0 fully saturated rings. The van der Waals surface area contributed by atoms with Crippen LogP contribution in [0, 0.1) is 0 Å². The number of carbonyl (C=O) groups is 1. The second-order valence-electron chi connectivity index (χ2n) is 10.1. The maximum absolute atomic E-state index is 11.8. The molecule has 1 aromatic carbocycles. The zero-order chi connectivity index (χ0) is 24.0. The molecule has 0 aliphatic heterocycles. The first-order valence-electron chi connectivity index (χ1n) is 14.5. The number of rotatable bonds is 23. The Morgan fingerprint density at radius 1 is 0.588 bits per heavy atom. The normalized spacial score (nSPS) is 10.9. The molecule has 1 rings (SSSR count). The van der Waals surface area contributed by atoms with Crippen molar-refractivity contribution in [1.29, 1.82) is 0 Å². The van der Waals surface area contributed by atoms with Crippen LogP contribution >= 0.6 is 0 Å². The second-order valence-corrected chi connectivity index (χ2v) is 10.1. The number of unbranched alkanes of at least 4 members (excludes halogenated alkanes) is 18. The molecule has 0 aliphatic rings. The number of carboxylic acids is 1. The van der Waals surface area contributed by atoms with Gasteiger partial charge in [0, 0.05) is 19.5 Å². The SMILES string of the molecule is CCCCCCCCCCCCc1cccc(C(=O)O)c1CCCCCCCCCCCC.[Zn]. The van der Waals surface area contributed by atoms with Crippen molar-refractivity contribution in [3.63, 3.8) is 0 Å².